The van der Waals surface area contributed by atoms with Gasteiger partial charge in [0.25, 0.3) is 0 Å². The van der Waals surface area contributed by atoms with E-state index >= 15 is 0 Å². The highest BCUT2D eigenvalue weighted by atomic mass is 16.7. The number of ketones is 1. The maximum absolute atomic E-state index is 13.6. The van der Waals surface area contributed by atoms with Gasteiger partial charge in [-0.25, -0.2) is 0 Å². The van der Waals surface area contributed by atoms with E-state index in [2.05, 4.69) is 82.5 Å². The molecule has 2 atom stereocenters. The number of Topliss-reactive ketones (excluding diaryl/α,β-unsaturated/α-hetero) is 1. The molecule has 1 aliphatic heterocycles. The smallest absolute Gasteiger partial charge is 0.200 e. The molecule has 0 bridgehead atoms. The lowest BCUT2D eigenvalue weighted by Gasteiger charge is -2.32. The Bertz CT molecular complexity index is 1440. The Morgan fingerprint density at radius 3 is 2.19 bits per heavy atom. The fraction of sp³-hybridized carbons (Fsp3) is 0.405. The molecule has 3 aromatic carbocycles. The molecule has 6 nitrogen and oxygen atoms in total. The predicted octanol–water partition coefficient (Wildman–Crippen LogP) is 9.24. The maximum atomic E-state index is 13.6. The molecule has 0 aliphatic carbocycles. The van der Waals surface area contributed by atoms with Crippen molar-refractivity contribution in [2.24, 2.45) is 4.99 Å². The van der Waals surface area contributed by atoms with E-state index in [-0.39, 0.29) is 22.8 Å². The Morgan fingerprint density at radius 1 is 0.860 bits per heavy atom. The molecule has 0 spiro atoms. The summed E-state index contributed by atoms with van der Waals surface area (Å²) in [6.07, 6.45) is 6.13. The lowest BCUT2D eigenvalue weighted by molar-refractivity contribution is 0.0751. The van der Waals surface area contributed by atoms with Crippen LogP contribution in [0.15, 0.2) is 90.1 Å². The third kappa shape index (κ3) is 7.94. The van der Waals surface area contributed by atoms with Crippen LogP contribution in [0.2, 0.25) is 0 Å². The fourth-order valence-corrected chi connectivity index (χ4v) is 4.85. The largest absolute Gasteiger partial charge is 0.470 e. The average molecular weight is 582 g/mol. The Labute approximate surface area is 257 Å². The summed E-state index contributed by atoms with van der Waals surface area (Å²) in [5.41, 5.74) is 8.18. The molecule has 6 heteroatoms. The van der Waals surface area contributed by atoms with Crippen LogP contribution in [0.25, 0.3) is 0 Å². The van der Waals surface area contributed by atoms with E-state index in [0.717, 1.165) is 42.8 Å². The summed E-state index contributed by atoms with van der Waals surface area (Å²) >= 11 is 0. The topological polar surface area (TPSA) is 72.0 Å². The number of ether oxygens (including phenoxy) is 1. The number of nitrogens with zero attached hydrogens (tertiary/aromatic N) is 1. The number of rotatable bonds is 16. The van der Waals surface area contributed by atoms with Gasteiger partial charge < -0.3 is 10.1 Å². The van der Waals surface area contributed by atoms with Gasteiger partial charge in [0, 0.05) is 29.4 Å². The van der Waals surface area contributed by atoms with Crippen molar-refractivity contribution >= 4 is 22.9 Å². The van der Waals surface area contributed by atoms with Crippen LogP contribution in [0, 0.1) is 0 Å². The molecule has 228 valence electrons. The van der Waals surface area contributed by atoms with E-state index in [9.17, 15) is 4.79 Å². The highest BCUT2D eigenvalue weighted by Gasteiger charge is 2.29. The summed E-state index contributed by atoms with van der Waals surface area (Å²) in [6, 6.07) is 23.7. The molecule has 0 saturated heterocycles. The number of carbonyl (C=O) groups is 1. The third-order valence-electron chi connectivity index (χ3n) is 8.60. The van der Waals surface area contributed by atoms with Crippen molar-refractivity contribution < 1.29 is 14.4 Å². The fourth-order valence-electron chi connectivity index (χ4n) is 4.85. The first-order valence-corrected chi connectivity index (χ1v) is 15.5. The zero-order valence-corrected chi connectivity index (χ0v) is 26.7. The van der Waals surface area contributed by atoms with Crippen LogP contribution in [-0.4, -0.2) is 23.8 Å². The number of anilines is 2. The van der Waals surface area contributed by atoms with Gasteiger partial charge in [0.2, 0.25) is 5.78 Å². The molecule has 4 rings (SSSR count). The molecular weight excluding hydrogens is 534 g/mol. The molecule has 1 heterocycles. The van der Waals surface area contributed by atoms with Gasteiger partial charge in [-0.3, -0.25) is 20.1 Å². The minimum Gasteiger partial charge on any atom is -0.470 e. The van der Waals surface area contributed by atoms with Crippen LogP contribution < -0.4 is 15.5 Å². The average Bonchev–Trinajstić information content (AvgIpc) is 2.98. The highest BCUT2D eigenvalue weighted by molar-refractivity contribution is 6.20. The van der Waals surface area contributed by atoms with Crippen LogP contribution >= 0.6 is 0 Å². The summed E-state index contributed by atoms with van der Waals surface area (Å²) in [6.45, 7) is 15.8. The van der Waals surface area contributed by atoms with Gasteiger partial charge in [0.1, 0.15) is 5.75 Å². The molecule has 0 aromatic heterocycles. The van der Waals surface area contributed by atoms with Gasteiger partial charge in [-0.05, 0) is 65.6 Å². The minimum atomic E-state index is -0.868. The first kappa shape index (κ1) is 32.0. The first-order valence-electron chi connectivity index (χ1n) is 15.5. The second-order valence-corrected chi connectivity index (χ2v) is 12.5. The lowest BCUT2D eigenvalue weighted by atomic mass is 9.76. The van der Waals surface area contributed by atoms with Gasteiger partial charge >= 0.3 is 0 Å². The molecule has 0 radical (unpaired) electrons. The van der Waals surface area contributed by atoms with Crippen molar-refractivity contribution in [3.8, 4) is 5.75 Å². The van der Waals surface area contributed by atoms with E-state index < -0.39 is 6.10 Å². The SMILES string of the molecule is CCCC(Nc1cccc(C(=O)C(ONc2ccccc2)C2=NC=C2)c1)Oc1ccc(C(C)(C)CC)cc1C(C)(C)CC. The second-order valence-electron chi connectivity index (χ2n) is 12.5. The molecular formula is C37H47N3O3. The molecule has 0 saturated carbocycles. The number of carbonyl (C=O) groups excluding carboxylic acids is 1. The lowest BCUT2D eigenvalue weighted by Crippen LogP contribution is -2.35. The molecule has 43 heavy (non-hydrogen) atoms. The zero-order chi connectivity index (χ0) is 31.0. The van der Waals surface area contributed by atoms with E-state index in [4.69, 9.17) is 9.57 Å². The number of hydrogen-bond acceptors (Lipinski definition) is 6. The quantitative estimate of drug-likeness (QED) is 0.100. The Morgan fingerprint density at radius 2 is 1.56 bits per heavy atom. The number of para-hydroxylation sites is 1. The number of benzene rings is 3. The molecule has 3 aromatic rings. The summed E-state index contributed by atoms with van der Waals surface area (Å²) in [5, 5.41) is 3.56. The van der Waals surface area contributed by atoms with Gasteiger partial charge in [-0.1, -0.05) is 97.4 Å². The monoisotopic (exact) mass is 581 g/mol. The highest BCUT2D eigenvalue weighted by Crippen LogP contribution is 2.39. The van der Waals surface area contributed by atoms with Gasteiger partial charge in [0.15, 0.2) is 12.3 Å². The van der Waals surface area contributed by atoms with Crippen molar-refractivity contribution in [1.29, 1.82) is 0 Å². The summed E-state index contributed by atoms with van der Waals surface area (Å²) in [5.74, 6) is 0.722. The summed E-state index contributed by atoms with van der Waals surface area (Å²) < 4.78 is 6.72. The van der Waals surface area contributed by atoms with Crippen LogP contribution in [-0.2, 0) is 15.7 Å². The van der Waals surface area contributed by atoms with E-state index in [1.165, 1.54) is 11.1 Å². The zero-order valence-electron chi connectivity index (χ0n) is 26.7. The molecule has 2 unspecified atom stereocenters. The van der Waals surface area contributed by atoms with Crippen molar-refractivity contribution in [2.45, 2.75) is 97.3 Å². The van der Waals surface area contributed by atoms with E-state index in [0.29, 0.717) is 11.3 Å². The summed E-state index contributed by atoms with van der Waals surface area (Å²) in [7, 11) is 0. The second kappa shape index (κ2) is 14.0. The van der Waals surface area contributed by atoms with E-state index in [1.54, 1.807) is 18.3 Å². The summed E-state index contributed by atoms with van der Waals surface area (Å²) in [4.78, 5) is 23.7. The Hall–Kier alpha value is -3.90. The van der Waals surface area contributed by atoms with Crippen molar-refractivity contribution in [1.82, 2.24) is 0 Å². The molecule has 0 fully saturated rings. The predicted molar refractivity (Wildman–Crippen MR) is 178 cm³/mol. The molecule has 0 amide bonds. The standard InChI is InChI=1S/C37H47N3O3/c1-8-15-33(42-32-21-20-27(36(4,5)9-2)25-30(32)37(6,7)10-3)39-29-19-14-16-26(24-29)34(41)35(31-22-23-38-31)43-40-28-17-12-11-13-18-28/h11-14,16-25,33,35,39-40H,8-10,15H2,1-7H3. The number of aliphatic imine (C=N–C) groups is 1. The molecule has 1 aliphatic rings. The van der Waals surface area contributed by atoms with E-state index in [1.807, 2.05) is 48.5 Å². The first-order chi connectivity index (χ1) is 20.6. The Kier molecular flexibility index (Phi) is 10.5. The minimum absolute atomic E-state index is 0.0419. The van der Waals surface area contributed by atoms with Crippen molar-refractivity contribution in [3.63, 3.8) is 0 Å². The van der Waals surface area contributed by atoms with Gasteiger partial charge in [0.05, 0.1) is 11.4 Å². The molecule has 2 N–H and O–H groups in total. The third-order valence-corrected chi connectivity index (χ3v) is 8.60. The van der Waals surface area contributed by atoms with Crippen LogP contribution in [0.3, 0.4) is 0 Å². The van der Waals surface area contributed by atoms with Gasteiger partial charge in [-0.15, -0.1) is 0 Å². The van der Waals surface area contributed by atoms with Crippen LogP contribution in [0.4, 0.5) is 11.4 Å². The number of hydrogen-bond donors (Lipinski definition) is 2. The van der Waals surface area contributed by atoms with Crippen molar-refractivity contribution in [3.05, 3.63) is 102 Å². The Balaban J connectivity index is 1.55. The van der Waals surface area contributed by atoms with Crippen LogP contribution in [0.1, 0.15) is 95.6 Å². The maximum Gasteiger partial charge on any atom is 0.200 e. The number of nitrogens with one attached hydrogen (secondary N) is 2. The van der Waals surface area contributed by atoms with Crippen molar-refractivity contribution in [2.75, 3.05) is 10.8 Å². The normalized spacial score (nSPS) is 14.3. The van der Waals surface area contributed by atoms with Gasteiger partial charge in [-0.2, -0.15) is 0 Å². The van der Waals surface area contributed by atoms with Crippen LogP contribution in [0.5, 0.6) is 5.75 Å².